The summed E-state index contributed by atoms with van der Waals surface area (Å²) in [5, 5.41) is 0. The molecule has 0 aliphatic heterocycles. The van der Waals surface area contributed by atoms with Crippen LogP contribution in [0, 0.1) is 47.3 Å². The zero-order valence-electron chi connectivity index (χ0n) is 31.9. The van der Waals surface area contributed by atoms with Crippen LogP contribution < -0.4 is 0 Å². The molecule has 0 saturated heterocycles. The van der Waals surface area contributed by atoms with Crippen molar-refractivity contribution in [1.29, 1.82) is 0 Å². The summed E-state index contributed by atoms with van der Waals surface area (Å²) in [4.78, 5) is 0. The van der Waals surface area contributed by atoms with Crippen LogP contribution in [-0.4, -0.2) is 11.2 Å². The van der Waals surface area contributed by atoms with E-state index in [1.165, 1.54) is 154 Å². The van der Waals surface area contributed by atoms with Crippen molar-refractivity contribution in [3.05, 3.63) is 49.6 Å². The molecule has 4 fully saturated rings. The molecule has 1 nitrogen and oxygen atoms in total. The maximum atomic E-state index is 7.23. The maximum Gasteiger partial charge on any atom is 0.0871 e. The van der Waals surface area contributed by atoms with Gasteiger partial charge in [0.25, 0.3) is 0 Å². The smallest absolute Gasteiger partial charge is 0.0871 e. The van der Waals surface area contributed by atoms with E-state index < -0.39 is 0 Å². The predicted molar refractivity (Wildman–Crippen MR) is 207 cm³/mol. The Morgan fingerprint density at radius 1 is 0.447 bits per heavy atom. The van der Waals surface area contributed by atoms with E-state index in [2.05, 4.69) is 77.3 Å². The first-order valence-corrected chi connectivity index (χ1v) is 21.0. The second kappa shape index (κ2) is 19.9. The van der Waals surface area contributed by atoms with Crippen LogP contribution in [0.4, 0.5) is 0 Å². The molecule has 0 aromatic heterocycles. The second-order valence-corrected chi connectivity index (χ2v) is 17.5. The van der Waals surface area contributed by atoms with Crippen molar-refractivity contribution in [2.75, 3.05) is 0 Å². The van der Waals surface area contributed by atoms with E-state index in [0.717, 1.165) is 35.5 Å². The largest absolute Gasteiger partial charge is 0.360 e. The van der Waals surface area contributed by atoms with Crippen LogP contribution >= 0.6 is 0 Å². The van der Waals surface area contributed by atoms with E-state index in [1.54, 1.807) is 0 Å². The van der Waals surface area contributed by atoms with Gasteiger partial charge >= 0.3 is 0 Å². The van der Waals surface area contributed by atoms with Crippen molar-refractivity contribution >= 4 is 0 Å². The summed E-state index contributed by atoms with van der Waals surface area (Å²) in [6.45, 7) is 17.7. The minimum Gasteiger partial charge on any atom is -0.360 e. The fraction of sp³-hybridized carbons (Fsp3) is 0.826. The van der Waals surface area contributed by atoms with Crippen LogP contribution in [-0.2, 0) is 4.74 Å². The Labute approximate surface area is 293 Å². The van der Waals surface area contributed by atoms with Gasteiger partial charge in [-0.1, -0.05) is 139 Å². The van der Waals surface area contributed by atoms with Crippen molar-refractivity contribution in [2.45, 2.75) is 193 Å². The number of rotatable bonds is 18. The first kappa shape index (κ1) is 38.7. The fourth-order valence-electron chi connectivity index (χ4n) is 10.7. The summed E-state index contributed by atoms with van der Waals surface area (Å²) in [5.74, 6) is 6.98. The highest BCUT2D eigenvalue weighted by atomic mass is 16.5. The molecule has 47 heavy (non-hydrogen) atoms. The van der Waals surface area contributed by atoms with E-state index in [-0.39, 0.29) is 11.2 Å². The van der Waals surface area contributed by atoms with Crippen molar-refractivity contribution < 1.29 is 4.74 Å². The third-order valence-corrected chi connectivity index (χ3v) is 14.4. The van der Waals surface area contributed by atoms with E-state index >= 15 is 0 Å². The highest BCUT2D eigenvalue weighted by molar-refractivity contribution is 5.08. The van der Waals surface area contributed by atoms with Gasteiger partial charge in [-0.2, -0.15) is 0 Å². The van der Waals surface area contributed by atoms with Gasteiger partial charge < -0.3 is 4.74 Å². The molecule has 0 heterocycles. The molecule has 0 bridgehead atoms. The Bertz CT molecular complexity index is 852. The van der Waals surface area contributed by atoms with Crippen LogP contribution in [0.5, 0.6) is 0 Å². The van der Waals surface area contributed by atoms with Crippen LogP contribution in [0.1, 0.15) is 182 Å². The second-order valence-electron chi connectivity index (χ2n) is 17.5. The van der Waals surface area contributed by atoms with Crippen molar-refractivity contribution in [3.8, 4) is 0 Å². The lowest BCUT2D eigenvalue weighted by Crippen LogP contribution is -2.49. The van der Waals surface area contributed by atoms with Crippen LogP contribution in [0.25, 0.3) is 0 Å². The van der Waals surface area contributed by atoms with Crippen LogP contribution in [0.15, 0.2) is 49.6 Å². The van der Waals surface area contributed by atoms with Crippen molar-refractivity contribution in [1.82, 2.24) is 0 Å². The molecule has 4 rings (SSSR count). The van der Waals surface area contributed by atoms with E-state index in [1.807, 2.05) is 0 Å². The highest BCUT2D eigenvalue weighted by Gasteiger charge is 2.44. The summed E-state index contributed by atoms with van der Waals surface area (Å²) >= 11 is 0. The van der Waals surface area contributed by atoms with Gasteiger partial charge in [-0.05, 0) is 126 Å². The van der Waals surface area contributed by atoms with Crippen LogP contribution in [0.3, 0.4) is 0 Å². The first-order chi connectivity index (χ1) is 22.8. The number of allylic oxidation sites excluding steroid dienone is 4. The first-order valence-electron chi connectivity index (χ1n) is 21.0. The molecule has 0 spiro atoms. The quantitative estimate of drug-likeness (QED) is 0.135. The minimum atomic E-state index is -0.262. The molecule has 0 amide bonds. The Morgan fingerprint density at radius 2 is 0.702 bits per heavy atom. The lowest BCUT2D eigenvalue weighted by Gasteiger charge is -2.48. The van der Waals surface area contributed by atoms with Gasteiger partial charge in [0.15, 0.2) is 0 Å². The Hall–Kier alpha value is -1.08. The zero-order valence-corrected chi connectivity index (χ0v) is 31.9. The van der Waals surface area contributed by atoms with Gasteiger partial charge in [0, 0.05) is 0 Å². The molecule has 2 atom stereocenters. The number of hydrogen-bond acceptors (Lipinski definition) is 1. The van der Waals surface area contributed by atoms with Gasteiger partial charge in [-0.3, -0.25) is 0 Å². The topological polar surface area (TPSA) is 9.23 Å². The molecular formula is C46H78O. The molecule has 4 aliphatic carbocycles. The Morgan fingerprint density at radius 3 is 0.957 bits per heavy atom. The SMILES string of the molecule is C=CC(C)(OC(C)(C=C)C1CCC(CCC2CCC(CCC=CC)CC2)CC1)C1CCC(CCC2CCC(CCC=CC)CC2)CC1. The van der Waals surface area contributed by atoms with E-state index in [4.69, 9.17) is 4.74 Å². The summed E-state index contributed by atoms with van der Waals surface area (Å²) < 4.78 is 7.23. The average Bonchev–Trinajstić information content (AvgIpc) is 3.11. The summed E-state index contributed by atoms with van der Waals surface area (Å²) in [6.07, 6.45) is 47.3. The normalized spacial score (nSPS) is 35.0. The van der Waals surface area contributed by atoms with Crippen LogP contribution in [0.2, 0.25) is 0 Å². The van der Waals surface area contributed by atoms with Gasteiger partial charge in [0.2, 0.25) is 0 Å². The van der Waals surface area contributed by atoms with Crippen molar-refractivity contribution in [2.24, 2.45) is 47.3 Å². The third kappa shape index (κ3) is 12.0. The molecule has 4 saturated carbocycles. The number of ether oxygens (including phenoxy) is 1. The Kier molecular flexibility index (Phi) is 16.4. The van der Waals surface area contributed by atoms with E-state index in [9.17, 15) is 0 Å². The highest BCUT2D eigenvalue weighted by Crippen LogP contribution is 2.47. The molecule has 0 radical (unpaired) electrons. The van der Waals surface area contributed by atoms with Gasteiger partial charge in [0.1, 0.15) is 0 Å². The predicted octanol–water partition coefficient (Wildman–Crippen LogP) is 14.4. The summed E-state index contributed by atoms with van der Waals surface area (Å²) in [5.41, 5.74) is -0.524. The van der Waals surface area contributed by atoms with Crippen molar-refractivity contribution in [3.63, 3.8) is 0 Å². The molecular weight excluding hydrogens is 569 g/mol. The average molecular weight is 647 g/mol. The van der Waals surface area contributed by atoms with E-state index in [0.29, 0.717) is 11.8 Å². The lowest BCUT2D eigenvalue weighted by molar-refractivity contribution is -0.154. The summed E-state index contributed by atoms with van der Waals surface area (Å²) in [7, 11) is 0. The molecule has 0 N–H and O–H groups in total. The molecule has 0 aromatic rings. The molecule has 0 aromatic carbocycles. The molecule has 268 valence electrons. The molecule has 4 aliphatic rings. The maximum absolute atomic E-state index is 7.23. The molecule has 2 unspecified atom stereocenters. The third-order valence-electron chi connectivity index (χ3n) is 14.4. The molecule has 1 heteroatoms. The van der Waals surface area contributed by atoms with Gasteiger partial charge in [0.05, 0.1) is 11.2 Å². The summed E-state index contributed by atoms with van der Waals surface area (Å²) in [6, 6.07) is 0. The van der Waals surface area contributed by atoms with Gasteiger partial charge in [-0.15, -0.1) is 13.2 Å². The Balaban J connectivity index is 1.15. The minimum absolute atomic E-state index is 0.262. The van der Waals surface area contributed by atoms with Gasteiger partial charge in [-0.25, -0.2) is 0 Å². The zero-order chi connectivity index (χ0) is 33.5. The monoisotopic (exact) mass is 647 g/mol. The standard InChI is InChI=1S/C46H78O/c1-7-11-13-15-37-17-21-39(22-18-37)25-27-41-29-33-43(34-30-41)45(5,9-3)47-46(6,10-4)44-35-31-42(32-36-44)28-26-40-23-19-38(20-24-40)16-14-12-8-2/h7-12,37-44H,3-4,13-36H2,1-2,5-6H3. The lowest BCUT2D eigenvalue weighted by atomic mass is 9.69. The number of hydrogen-bond donors (Lipinski definition) is 0. The fourth-order valence-corrected chi connectivity index (χ4v) is 10.7.